The van der Waals surface area contributed by atoms with Gasteiger partial charge >= 0.3 is 0 Å². The zero-order valence-electron chi connectivity index (χ0n) is 9.78. The zero-order chi connectivity index (χ0) is 11.7. The van der Waals surface area contributed by atoms with Crippen LogP contribution in [0.5, 0.6) is 0 Å². The first-order chi connectivity index (χ1) is 7.63. The van der Waals surface area contributed by atoms with Crippen LogP contribution in [-0.2, 0) is 6.61 Å². The molecule has 1 aromatic rings. The van der Waals surface area contributed by atoms with Gasteiger partial charge < -0.3 is 10.0 Å². The van der Waals surface area contributed by atoms with Crippen molar-refractivity contribution >= 4 is 17.3 Å². The number of halogens is 1. The monoisotopic (exact) mass is 239 g/mol. The van der Waals surface area contributed by atoms with Crippen LogP contribution in [0, 0.1) is 5.92 Å². The molecule has 0 radical (unpaired) electrons. The molecule has 0 amide bonds. The van der Waals surface area contributed by atoms with Gasteiger partial charge in [-0.05, 0) is 25.3 Å². The highest BCUT2D eigenvalue weighted by atomic mass is 35.5. The van der Waals surface area contributed by atoms with E-state index in [0.29, 0.717) is 12.0 Å². The summed E-state index contributed by atoms with van der Waals surface area (Å²) in [6.07, 6.45) is 1.19. The lowest BCUT2D eigenvalue weighted by atomic mass is 10.1. The van der Waals surface area contributed by atoms with Gasteiger partial charge in [-0.25, -0.2) is 0 Å². The Hall–Kier alpha value is -0.730. The van der Waals surface area contributed by atoms with Crippen LogP contribution in [0.25, 0.3) is 0 Å². The molecule has 2 atom stereocenters. The maximum Gasteiger partial charge on any atom is 0.0702 e. The molecule has 1 fully saturated rings. The van der Waals surface area contributed by atoms with Crippen molar-refractivity contribution < 1.29 is 5.11 Å². The molecule has 1 heterocycles. The predicted octanol–water partition coefficient (Wildman–Crippen LogP) is 3.07. The Bertz CT molecular complexity index is 380. The Labute approximate surface area is 102 Å². The summed E-state index contributed by atoms with van der Waals surface area (Å²) >= 11 is 6.25. The third kappa shape index (κ3) is 2.04. The highest BCUT2D eigenvalue weighted by Gasteiger charge is 2.28. The summed E-state index contributed by atoms with van der Waals surface area (Å²) in [6, 6.07) is 6.23. The number of aliphatic hydroxyl groups is 1. The van der Waals surface area contributed by atoms with Crippen LogP contribution in [0.1, 0.15) is 25.8 Å². The van der Waals surface area contributed by atoms with E-state index >= 15 is 0 Å². The average Bonchev–Trinajstić information content (AvgIpc) is 2.57. The van der Waals surface area contributed by atoms with Gasteiger partial charge in [-0.2, -0.15) is 0 Å². The Morgan fingerprint density at radius 1 is 1.44 bits per heavy atom. The summed E-state index contributed by atoms with van der Waals surface area (Å²) in [7, 11) is 0. The SMILES string of the molecule is CC1CC(C)N(c2c(Cl)cccc2CO)C1. The minimum Gasteiger partial charge on any atom is -0.392 e. The second-order valence-corrected chi connectivity index (χ2v) is 5.16. The molecule has 1 aliphatic heterocycles. The van der Waals surface area contributed by atoms with Crippen LogP contribution in [0.4, 0.5) is 5.69 Å². The van der Waals surface area contributed by atoms with Crippen molar-refractivity contribution in [2.45, 2.75) is 32.9 Å². The van der Waals surface area contributed by atoms with Crippen LogP contribution in [0.15, 0.2) is 18.2 Å². The standard InChI is InChI=1S/C13H18ClNO/c1-9-6-10(2)15(7-9)13-11(8-16)4-3-5-12(13)14/h3-5,9-10,16H,6-8H2,1-2H3. The predicted molar refractivity (Wildman–Crippen MR) is 68.0 cm³/mol. The van der Waals surface area contributed by atoms with Crippen LogP contribution in [0.2, 0.25) is 5.02 Å². The number of aliphatic hydroxyl groups excluding tert-OH is 1. The molecule has 1 saturated heterocycles. The normalized spacial score (nSPS) is 25.1. The first kappa shape index (κ1) is 11.7. The van der Waals surface area contributed by atoms with Gasteiger partial charge in [-0.15, -0.1) is 0 Å². The zero-order valence-corrected chi connectivity index (χ0v) is 10.5. The van der Waals surface area contributed by atoms with E-state index in [0.717, 1.165) is 22.8 Å². The number of para-hydroxylation sites is 1. The molecule has 1 aromatic carbocycles. The van der Waals surface area contributed by atoms with Crippen molar-refractivity contribution in [2.75, 3.05) is 11.4 Å². The highest BCUT2D eigenvalue weighted by molar-refractivity contribution is 6.33. The van der Waals surface area contributed by atoms with E-state index in [1.807, 2.05) is 18.2 Å². The molecule has 1 aliphatic rings. The highest BCUT2D eigenvalue weighted by Crippen LogP contribution is 2.36. The lowest BCUT2D eigenvalue weighted by molar-refractivity contribution is 0.282. The average molecular weight is 240 g/mol. The summed E-state index contributed by atoms with van der Waals surface area (Å²) in [5.74, 6) is 0.692. The van der Waals surface area contributed by atoms with Crippen molar-refractivity contribution in [3.05, 3.63) is 28.8 Å². The fourth-order valence-electron chi connectivity index (χ4n) is 2.62. The molecular formula is C13H18ClNO. The Balaban J connectivity index is 2.39. The van der Waals surface area contributed by atoms with Crippen LogP contribution < -0.4 is 4.90 Å². The van der Waals surface area contributed by atoms with E-state index in [1.54, 1.807) is 0 Å². The van der Waals surface area contributed by atoms with Gasteiger partial charge in [-0.1, -0.05) is 30.7 Å². The minimum absolute atomic E-state index is 0.0491. The maximum atomic E-state index is 9.37. The molecule has 0 spiro atoms. The molecular weight excluding hydrogens is 222 g/mol. The van der Waals surface area contributed by atoms with E-state index in [-0.39, 0.29) is 6.61 Å². The van der Waals surface area contributed by atoms with Gasteiger partial charge in [0.25, 0.3) is 0 Å². The van der Waals surface area contributed by atoms with Crippen molar-refractivity contribution in [1.29, 1.82) is 0 Å². The van der Waals surface area contributed by atoms with Gasteiger partial charge in [0.05, 0.1) is 17.3 Å². The molecule has 0 saturated carbocycles. The van der Waals surface area contributed by atoms with Crippen molar-refractivity contribution in [2.24, 2.45) is 5.92 Å². The smallest absolute Gasteiger partial charge is 0.0702 e. The topological polar surface area (TPSA) is 23.5 Å². The lowest BCUT2D eigenvalue weighted by Gasteiger charge is -2.27. The van der Waals surface area contributed by atoms with Gasteiger partial charge in [0.2, 0.25) is 0 Å². The molecule has 0 aliphatic carbocycles. The number of rotatable bonds is 2. The van der Waals surface area contributed by atoms with E-state index in [4.69, 9.17) is 11.6 Å². The van der Waals surface area contributed by atoms with Crippen molar-refractivity contribution in [3.8, 4) is 0 Å². The van der Waals surface area contributed by atoms with E-state index in [1.165, 1.54) is 6.42 Å². The molecule has 16 heavy (non-hydrogen) atoms. The van der Waals surface area contributed by atoms with Gasteiger partial charge in [0.15, 0.2) is 0 Å². The number of nitrogens with zero attached hydrogens (tertiary/aromatic N) is 1. The van der Waals surface area contributed by atoms with Gasteiger partial charge in [0, 0.05) is 18.2 Å². The largest absolute Gasteiger partial charge is 0.392 e. The summed E-state index contributed by atoms with van der Waals surface area (Å²) < 4.78 is 0. The summed E-state index contributed by atoms with van der Waals surface area (Å²) in [5.41, 5.74) is 1.94. The van der Waals surface area contributed by atoms with Gasteiger partial charge in [-0.3, -0.25) is 0 Å². The molecule has 0 bridgehead atoms. The third-order valence-corrected chi connectivity index (χ3v) is 3.62. The number of hydrogen-bond acceptors (Lipinski definition) is 2. The first-order valence-corrected chi connectivity index (χ1v) is 6.16. The molecule has 3 heteroatoms. The molecule has 88 valence electrons. The van der Waals surface area contributed by atoms with E-state index in [2.05, 4.69) is 18.7 Å². The van der Waals surface area contributed by atoms with Crippen LogP contribution >= 0.6 is 11.6 Å². The minimum atomic E-state index is 0.0491. The number of anilines is 1. The Morgan fingerprint density at radius 2 is 2.19 bits per heavy atom. The van der Waals surface area contributed by atoms with Crippen molar-refractivity contribution in [3.63, 3.8) is 0 Å². The summed E-state index contributed by atoms with van der Waals surface area (Å²) in [5, 5.41) is 10.1. The molecule has 0 aromatic heterocycles. The number of hydrogen-bond donors (Lipinski definition) is 1. The molecule has 1 N–H and O–H groups in total. The van der Waals surface area contributed by atoms with E-state index < -0.39 is 0 Å². The fraction of sp³-hybridized carbons (Fsp3) is 0.538. The first-order valence-electron chi connectivity index (χ1n) is 5.78. The summed E-state index contributed by atoms with van der Waals surface area (Å²) in [4.78, 5) is 2.32. The maximum absolute atomic E-state index is 9.37. The molecule has 2 nitrogen and oxygen atoms in total. The Morgan fingerprint density at radius 3 is 2.75 bits per heavy atom. The van der Waals surface area contributed by atoms with Crippen LogP contribution in [0.3, 0.4) is 0 Å². The fourth-order valence-corrected chi connectivity index (χ4v) is 2.92. The molecule has 2 unspecified atom stereocenters. The van der Waals surface area contributed by atoms with Crippen LogP contribution in [-0.4, -0.2) is 17.7 Å². The quantitative estimate of drug-likeness (QED) is 0.858. The Kier molecular flexibility index (Phi) is 3.41. The second-order valence-electron chi connectivity index (χ2n) is 4.75. The van der Waals surface area contributed by atoms with Crippen molar-refractivity contribution in [1.82, 2.24) is 0 Å². The summed E-state index contributed by atoms with van der Waals surface area (Å²) in [6.45, 7) is 5.55. The number of benzene rings is 1. The second kappa shape index (κ2) is 4.64. The molecule has 2 rings (SSSR count). The third-order valence-electron chi connectivity index (χ3n) is 3.31. The lowest BCUT2D eigenvalue weighted by Crippen LogP contribution is -2.28. The van der Waals surface area contributed by atoms with E-state index in [9.17, 15) is 5.11 Å². The van der Waals surface area contributed by atoms with Gasteiger partial charge in [0.1, 0.15) is 0 Å².